The van der Waals surface area contributed by atoms with Crippen LogP contribution in [-0.4, -0.2) is 30.6 Å². The minimum atomic E-state index is -0.135. The first-order valence-electron chi connectivity index (χ1n) is 7.70. The number of fused-ring (bicyclic) bond motifs is 1. The van der Waals surface area contributed by atoms with Gasteiger partial charge in [-0.05, 0) is 30.3 Å². The molecule has 1 aromatic carbocycles. The minimum absolute atomic E-state index is 0.135. The second-order valence-corrected chi connectivity index (χ2v) is 5.45. The molecule has 0 spiro atoms. The van der Waals surface area contributed by atoms with Crippen molar-refractivity contribution in [3.8, 4) is 17.1 Å². The average molecular weight is 330 g/mol. The van der Waals surface area contributed by atoms with Gasteiger partial charge >= 0.3 is 0 Å². The smallest absolute Gasteiger partial charge is 0.221 e. The number of carbonyl (C=O) groups is 1. The van der Waals surface area contributed by atoms with Crippen LogP contribution in [0.3, 0.4) is 0 Å². The van der Waals surface area contributed by atoms with E-state index in [-0.39, 0.29) is 5.91 Å². The van der Waals surface area contributed by atoms with Crippen LogP contribution >= 0.6 is 0 Å². The predicted molar refractivity (Wildman–Crippen MR) is 94.2 cm³/mol. The number of nitrogens with zero attached hydrogens (tertiary/aromatic N) is 5. The molecule has 0 bridgehead atoms. The molecule has 25 heavy (non-hydrogen) atoms. The summed E-state index contributed by atoms with van der Waals surface area (Å²) in [4.78, 5) is 24.1. The molecule has 3 aromatic heterocycles. The summed E-state index contributed by atoms with van der Waals surface area (Å²) in [5.41, 5.74) is 3.70. The van der Waals surface area contributed by atoms with Crippen molar-refractivity contribution in [1.82, 2.24) is 24.7 Å². The summed E-state index contributed by atoms with van der Waals surface area (Å²) in [5, 5.41) is 8.29. The van der Waals surface area contributed by atoms with Gasteiger partial charge in [0.2, 0.25) is 5.91 Å². The SMILES string of the molecule is CC(=O)Nc1ccc(-n2ccc(-c3cnccn3)n2)c2cccnc12. The summed E-state index contributed by atoms with van der Waals surface area (Å²) in [7, 11) is 0. The van der Waals surface area contributed by atoms with Crippen molar-refractivity contribution in [1.29, 1.82) is 0 Å². The third-order valence-electron chi connectivity index (χ3n) is 3.72. The molecule has 1 amide bonds. The number of carbonyl (C=O) groups excluding carboxylic acids is 1. The topological polar surface area (TPSA) is 85.6 Å². The van der Waals surface area contributed by atoms with Gasteiger partial charge in [-0.15, -0.1) is 0 Å². The molecule has 0 unspecified atom stereocenters. The van der Waals surface area contributed by atoms with Gasteiger partial charge < -0.3 is 5.32 Å². The maximum Gasteiger partial charge on any atom is 0.221 e. The number of amides is 1. The molecule has 0 aliphatic heterocycles. The van der Waals surface area contributed by atoms with Crippen molar-refractivity contribution in [2.24, 2.45) is 0 Å². The van der Waals surface area contributed by atoms with Gasteiger partial charge in [-0.1, -0.05) is 0 Å². The number of benzene rings is 1. The maximum absolute atomic E-state index is 11.4. The Hall–Kier alpha value is -3.61. The van der Waals surface area contributed by atoms with Gasteiger partial charge in [-0.3, -0.25) is 19.7 Å². The van der Waals surface area contributed by atoms with Crippen molar-refractivity contribution in [2.75, 3.05) is 5.32 Å². The van der Waals surface area contributed by atoms with Crippen LogP contribution in [0.4, 0.5) is 5.69 Å². The Morgan fingerprint density at radius 2 is 1.96 bits per heavy atom. The summed E-state index contributed by atoms with van der Waals surface area (Å²) in [5.74, 6) is -0.135. The van der Waals surface area contributed by atoms with E-state index >= 15 is 0 Å². The van der Waals surface area contributed by atoms with E-state index in [1.165, 1.54) is 6.92 Å². The molecule has 4 aromatic rings. The van der Waals surface area contributed by atoms with Crippen molar-refractivity contribution < 1.29 is 4.79 Å². The molecule has 0 aliphatic rings. The zero-order chi connectivity index (χ0) is 17.2. The Bertz CT molecular complexity index is 1060. The first-order chi connectivity index (χ1) is 12.2. The lowest BCUT2D eigenvalue weighted by Crippen LogP contribution is -2.07. The van der Waals surface area contributed by atoms with Gasteiger partial charge in [0.05, 0.1) is 23.1 Å². The molecule has 7 nitrogen and oxygen atoms in total. The maximum atomic E-state index is 11.4. The normalized spacial score (nSPS) is 10.8. The van der Waals surface area contributed by atoms with E-state index in [1.54, 1.807) is 29.5 Å². The Morgan fingerprint density at radius 1 is 1.04 bits per heavy atom. The summed E-state index contributed by atoms with van der Waals surface area (Å²) in [6, 6.07) is 9.43. The van der Waals surface area contributed by atoms with Gasteiger partial charge in [0.1, 0.15) is 11.4 Å². The van der Waals surface area contributed by atoms with Crippen LogP contribution in [-0.2, 0) is 4.79 Å². The average Bonchev–Trinajstić information content (AvgIpc) is 3.12. The van der Waals surface area contributed by atoms with E-state index in [1.807, 2.05) is 36.5 Å². The van der Waals surface area contributed by atoms with Crippen molar-refractivity contribution >= 4 is 22.5 Å². The lowest BCUT2D eigenvalue weighted by atomic mass is 10.1. The Kier molecular flexibility index (Phi) is 3.66. The molecule has 7 heteroatoms. The highest BCUT2D eigenvalue weighted by atomic mass is 16.1. The van der Waals surface area contributed by atoms with Gasteiger partial charge in [0, 0.05) is 37.1 Å². The van der Waals surface area contributed by atoms with Crippen LogP contribution in [0.15, 0.2) is 61.3 Å². The second-order valence-electron chi connectivity index (χ2n) is 5.45. The van der Waals surface area contributed by atoms with Crippen LogP contribution in [0, 0.1) is 0 Å². The molecule has 3 heterocycles. The van der Waals surface area contributed by atoms with Crippen LogP contribution in [0.2, 0.25) is 0 Å². The Morgan fingerprint density at radius 3 is 2.76 bits per heavy atom. The Labute approximate surface area is 143 Å². The van der Waals surface area contributed by atoms with Gasteiger partial charge in [-0.2, -0.15) is 5.10 Å². The standard InChI is InChI=1S/C18H14N6O/c1-12(25)22-15-4-5-17(13-3-2-7-21-18(13)15)24-10-6-14(23-24)16-11-19-8-9-20-16/h2-11H,1H3,(H,22,25). The molecule has 4 rings (SSSR count). The number of pyridine rings is 1. The molecule has 0 fully saturated rings. The van der Waals surface area contributed by atoms with Crippen LogP contribution in [0.5, 0.6) is 0 Å². The first-order valence-corrected chi connectivity index (χ1v) is 7.70. The van der Waals surface area contributed by atoms with Crippen LogP contribution in [0.25, 0.3) is 28.0 Å². The van der Waals surface area contributed by atoms with Gasteiger partial charge in [0.25, 0.3) is 0 Å². The number of hydrogen-bond acceptors (Lipinski definition) is 5. The molecule has 0 aliphatic carbocycles. The van der Waals surface area contributed by atoms with Crippen molar-refractivity contribution in [2.45, 2.75) is 6.92 Å². The van der Waals surface area contributed by atoms with Gasteiger partial charge in [0.15, 0.2) is 0 Å². The highest BCUT2D eigenvalue weighted by Gasteiger charge is 2.11. The number of anilines is 1. The third kappa shape index (κ3) is 2.83. The molecular weight excluding hydrogens is 316 g/mol. The lowest BCUT2D eigenvalue weighted by molar-refractivity contribution is -0.114. The summed E-state index contributed by atoms with van der Waals surface area (Å²) < 4.78 is 1.77. The molecular formula is C18H14N6O. The molecule has 0 radical (unpaired) electrons. The first kappa shape index (κ1) is 14.9. The van der Waals surface area contributed by atoms with E-state index in [9.17, 15) is 4.79 Å². The second kappa shape index (κ2) is 6.12. The van der Waals surface area contributed by atoms with E-state index in [2.05, 4.69) is 25.4 Å². The predicted octanol–water partition coefficient (Wildman–Crippen LogP) is 2.84. The fourth-order valence-electron chi connectivity index (χ4n) is 2.67. The quantitative estimate of drug-likeness (QED) is 0.624. The monoisotopic (exact) mass is 330 g/mol. The van der Waals surface area contributed by atoms with Crippen LogP contribution < -0.4 is 5.32 Å². The fraction of sp³-hybridized carbons (Fsp3) is 0.0556. The van der Waals surface area contributed by atoms with E-state index in [0.29, 0.717) is 16.9 Å². The van der Waals surface area contributed by atoms with Crippen molar-refractivity contribution in [3.63, 3.8) is 0 Å². The molecule has 122 valence electrons. The fourth-order valence-corrected chi connectivity index (χ4v) is 2.67. The molecule has 0 atom stereocenters. The highest BCUT2D eigenvalue weighted by molar-refractivity contribution is 6.02. The zero-order valence-corrected chi connectivity index (χ0v) is 13.4. The number of rotatable bonds is 3. The highest BCUT2D eigenvalue weighted by Crippen LogP contribution is 2.27. The Balaban J connectivity index is 1.83. The number of nitrogens with one attached hydrogen (secondary N) is 1. The minimum Gasteiger partial charge on any atom is -0.324 e. The third-order valence-corrected chi connectivity index (χ3v) is 3.72. The van der Waals surface area contributed by atoms with E-state index in [4.69, 9.17) is 0 Å². The number of hydrogen-bond donors (Lipinski definition) is 1. The van der Waals surface area contributed by atoms with Crippen molar-refractivity contribution in [3.05, 3.63) is 61.3 Å². The van der Waals surface area contributed by atoms with E-state index in [0.717, 1.165) is 16.8 Å². The van der Waals surface area contributed by atoms with Gasteiger partial charge in [-0.25, -0.2) is 4.68 Å². The summed E-state index contributed by atoms with van der Waals surface area (Å²) in [6.07, 6.45) is 8.50. The molecule has 0 saturated heterocycles. The molecule has 0 saturated carbocycles. The zero-order valence-electron chi connectivity index (χ0n) is 13.4. The largest absolute Gasteiger partial charge is 0.324 e. The molecule has 1 N–H and O–H groups in total. The van der Waals surface area contributed by atoms with E-state index < -0.39 is 0 Å². The summed E-state index contributed by atoms with van der Waals surface area (Å²) in [6.45, 7) is 1.48. The lowest BCUT2D eigenvalue weighted by Gasteiger charge is -2.10. The van der Waals surface area contributed by atoms with Crippen LogP contribution in [0.1, 0.15) is 6.92 Å². The summed E-state index contributed by atoms with van der Waals surface area (Å²) >= 11 is 0. The number of aromatic nitrogens is 5.